The molecular formula is C12H6Cl3NO3. The summed E-state index contributed by atoms with van der Waals surface area (Å²) in [7, 11) is 0. The molecule has 0 radical (unpaired) electrons. The molecule has 7 heteroatoms. The van der Waals surface area contributed by atoms with Gasteiger partial charge in [-0.3, -0.25) is 10.1 Å². The Morgan fingerprint density at radius 1 is 0.947 bits per heavy atom. The van der Waals surface area contributed by atoms with Gasteiger partial charge >= 0.3 is 5.69 Å². The standard InChI is InChI=1S/C12H6Cl3NO3/c13-7-5-9(15)12(6-8(7)14)19-11-4-2-1-3-10(11)16(17)18/h1-6H. The van der Waals surface area contributed by atoms with Crippen LogP contribution in [0.5, 0.6) is 11.5 Å². The lowest BCUT2D eigenvalue weighted by molar-refractivity contribution is -0.385. The van der Waals surface area contributed by atoms with Gasteiger partial charge in [0.1, 0.15) is 5.75 Å². The number of hydrogen-bond donors (Lipinski definition) is 0. The second kappa shape index (κ2) is 5.65. The minimum atomic E-state index is -0.541. The highest BCUT2D eigenvalue weighted by Crippen LogP contribution is 2.38. The van der Waals surface area contributed by atoms with Gasteiger partial charge in [-0.05, 0) is 12.1 Å². The molecule has 0 N–H and O–H groups in total. The first-order valence-corrected chi connectivity index (χ1v) is 6.18. The highest BCUT2D eigenvalue weighted by Gasteiger charge is 2.16. The number of rotatable bonds is 3. The summed E-state index contributed by atoms with van der Waals surface area (Å²) < 4.78 is 5.42. The summed E-state index contributed by atoms with van der Waals surface area (Å²) in [6, 6.07) is 8.78. The lowest BCUT2D eigenvalue weighted by Crippen LogP contribution is -1.93. The van der Waals surface area contributed by atoms with E-state index < -0.39 is 4.92 Å². The molecule has 0 aliphatic heterocycles. The zero-order valence-electron chi connectivity index (χ0n) is 9.27. The summed E-state index contributed by atoms with van der Waals surface area (Å²) >= 11 is 17.6. The molecule has 0 aromatic heterocycles. The molecule has 0 amide bonds. The molecule has 0 heterocycles. The molecule has 2 rings (SSSR count). The summed E-state index contributed by atoms with van der Waals surface area (Å²) in [6.45, 7) is 0. The highest BCUT2D eigenvalue weighted by atomic mass is 35.5. The van der Waals surface area contributed by atoms with Crippen molar-refractivity contribution < 1.29 is 9.66 Å². The van der Waals surface area contributed by atoms with Crippen LogP contribution in [0.3, 0.4) is 0 Å². The molecule has 0 saturated heterocycles. The van der Waals surface area contributed by atoms with Crippen molar-refractivity contribution in [3.8, 4) is 11.5 Å². The minimum Gasteiger partial charge on any atom is -0.449 e. The Balaban J connectivity index is 2.42. The van der Waals surface area contributed by atoms with Crippen molar-refractivity contribution >= 4 is 40.5 Å². The van der Waals surface area contributed by atoms with E-state index in [0.717, 1.165) is 0 Å². The normalized spacial score (nSPS) is 10.3. The minimum absolute atomic E-state index is 0.0767. The van der Waals surface area contributed by atoms with Crippen molar-refractivity contribution in [3.05, 3.63) is 61.6 Å². The fourth-order valence-corrected chi connectivity index (χ4v) is 1.97. The van der Waals surface area contributed by atoms with Gasteiger partial charge < -0.3 is 4.74 Å². The van der Waals surface area contributed by atoms with Gasteiger partial charge in [-0.25, -0.2) is 0 Å². The molecule has 0 atom stereocenters. The number of para-hydroxylation sites is 2. The lowest BCUT2D eigenvalue weighted by Gasteiger charge is -2.09. The molecule has 0 spiro atoms. The van der Waals surface area contributed by atoms with Crippen molar-refractivity contribution in [2.24, 2.45) is 0 Å². The Morgan fingerprint density at radius 2 is 1.58 bits per heavy atom. The van der Waals surface area contributed by atoms with Gasteiger partial charge in [-0.2, -0.15) is 0 Å². The van der Waals surface area contributed by atoms with E-state index in [4.69, 9.17) is 39.5 Å². The molecule has 0 bridgehead atoms. The van der Waals surface area contributed by atoms with Gasteiger partial charge in [0.15, 0.2) is 0 Å². The third kappa shape index (κ3) is 3.10. The van der Waals surface area contributed by atoms with E-state index in [1.165, 1.54) is 24.3 Å². The highest BCUT2D eigenvalue weighted by molar-refractivity contribution is 6.43. The van der Waals surface area contributed by atoms with Gasteiger partial charge in [-0.15, -0.1) is 0 Å². The van der Waals surface area contributed by atoms with Crippen molar-refractivity contribution in [2.45, 2.75) is 0 Å². The van der Waals surface area contributed by atoms with Crippen LogP contribution >= 0.6 is 34.8 Å². The summed E-state index contributed by atoms with van der Waals surface area (Å²) in [5.41, 5.74) is -0.162. The maximum Gasteiger partial charge on any atom is 0.311 e. The molecular weight excluding hydrogens is 312 g/mol. The molecule has 0 saturated carbocycles. The van der Waals surface area contributed by atoms with Crippen molar-refractivity contribution in [3.63, 3.8) is 0 Å². The zero-order chi connectivity index (χ0) is 14.0. The first-order valence-electron chi connectivity index (χ1n) is 5.05. The molecule has 2 aromatic rings. The Kier molecular flexibility index (Phi) is 4.14. The van der Waals surface area contributed by atoms with Gasteiger partial charge in [0, 0.05) is 12.1 Å². The zero-order valence-corrected chi connectivity index (χ0v) is 11.5. The fourth-order valence-electron chi connectivity index (χ4n) is 1.40. The van der Waals surface area contributed by atoms with Crippen LogP contribution in [0, 0.1) is 10.1 Å². The second-order valence-electron chi connectivity index (χ2n) is 3.52. The average molecular weight is 319 g/mol. The van der Waals surface area contributed by atoms with Crippen molar-refractivity contribution in [1.29, 1.82) is 0 Å². The van der Waals surface area contributed by atoms with Crippen LogP contribution in [-0.2, 0) is 0 Å². The summed E-state index contributed by atoms with van der Waals surface area (Å²) in [5.74, 6) is 0.276. The third-order valence-electron chi connectivity index (χ3n) is 2.26. The third-order valence-corrected chi connectivity index (χ3v) is 3.27. The number of nitro groups is 1. The van der Waals surface area contributed by atoms with Gasteiger partial charge in [0.25, 0.3) is 0 Å². The van der Waals surface area contributed by atoms with E-state index in [0.29, 0.717) is 0 Å². The van der Waals surface area contributed by atoms with E-state index in [9.17, 15) is 10.1 Å². The number of hydrogen-bond acceptors (Lipinski definition) is 3. The Morgan fingerprint density at radius 3 is 2.26 bits per heavy atom. The van der Waals surface area contributed by atoms with E-state index in [-0.39, 0.29) is 32.3 Å². The van der Waals surface area contributed by atoms with Crippen LogP contribution in [0.25, 0.3) is 0 Å². The summed E-state index contributed by atoms with van der Waals surface area (Å²) in [5, 5.41) is 11.6. The molecule has 98 valence electrons. The van der Waals surface area contributed by atoms with Crippen molar-refractivity contribution in [1.82, 2.24) is 0 Å². The number of benzene rings is 2. The number of nitrogens with zero attached hydrogens (tertiary/aromatic N) is 1. The Bertz CT molecular complexity index is 646. The molecule has 19 heavy (non-hydrogen) atoms. The SMILES string of the molecule is O=[N+]([O-])c1ccccc1Oc1cc(Cl)c(Cl)cc1Cl. The van der Waals surface area contributed by atoms with Crippen molar-refractivity contribution in [2.75, 3.05) is 0 Å². The predicted octanol–water partition coefficient (Wildman–Crippen LogP) is 5.35. The van der Waals surface area contributed by atoms with Gasteiger partial charge in [0.05, 0.1) is 20.0 Å². The first-order chi connectivity index (χ1) is 8.99. The Hall–Kier alpha value is -1.49. The van der Waals surface area contributed by atoms with Gasteiger partial charge in [-0.1, -0.05) is 46.9 Å². The second-order valence-corrected chi connectivity index (χ2v) is 4.75. The molecule has 4 nitrogen and oxygen atoms in total. The van der Waals surface area contributed by atoms with E-state index in [2.05, 4.69) is 0 Å². The van der Waals surface area contributed by atoms with Crippen LogP contribution in [0.1, 0.15) is 0 Å². The van der Waals surface area contributed by atoms with Crippen LogP contribution in [0.2, 0.25) is 15.1 Å². The van der Waals surface area contributed by atoms with Crippen LogP contribution in [-0.4, -0.2) is 4.92 Å². The van der Waals surface area contributed by atoms with Crippen LogP contribution < -0.4 is 4.74 Å². The molecule has 0 unspecified atom stereocenters. The number of ether oxygens (including phenoxy) is 1. The smallest absolute Gasteiger partial charge is 0.311 e. The summed E-state index contributed by atoms with van der Waals surface area (Å²) in [6.07, 6.45) is 0. The first kappa shape index (κ1) is 13.9. The molecule has 0 aliphatic carbocycles. The quantitative estimate of drug-likeness (QED) is 0.435. The number of halogens is 3. The van der Waals surface area contributed by atoms with Crippen LogP contribution in [0.4, 0.5) is 5.69 Å². The summed E-state index contributed by atoms with van der Waals surface area (Å²) in [4.78, 5) is 10.3. The van der Waals surface area contributed by atoms with E-state index >= 15 is 0 Å². The maximum atomic E-state index is 10.9. The topological polar surface area (TPSA) is 52.4 Å². The fraction of sp³-hybridized carbons (Fsp3) is 0. The molecule has 0 fully saturated rings. The maximum absolute atomic E-state index is 10.9. The lowest BCUT2D eigenvalue weighted by atomic mass is 10.3. The average Bonchev–Trinajstić information content (AvgIpc) is 2.36. The van der Waals surface area contributed by atoms with E-state index in [1.54, 1.807) is 12.1 Å². The Labute approximate surface area is 123 Å². The number of nitro benzene ring substituents is 1. The van der Waals surface area contributed by atoms with Crippen LogP contribution in [0.15, 0.2) is 36.4 Å². The van der Waals surface area contributed by atoms with Gasteiger partial charge in [0.2, 0.25) is 5.75 Å². The predicted molar refractivity (Wildman–Crippen MR) is 74.6 cm³/mol. The monoisotopic (exact) mass is 317 g/mol. The molecule has 2 aromatic carbocycles. The van der Waals surface area contributed by atoms with E-state index in [1.807, 2.05) is 0 Å². The largest absolute Gasteiger partial charge is 0.449 e. The molecule has 0 aliphatic rings.